The molecule has 1 aromatic carbocycles. The van der Waals surface area contributed by atoms with Crippen molar-refractivity contribution in [2.45, 2.75) is 6.54 Å². The molecule has 1 amide bonds. The molecule has 0 aliphatic carbocycles. The minimum Gasteiger partial charge on any atom is -0.343 e. The second-order valence-electron chi connectivity index (χ2n) is 4.99. The van der Waals surface area contributed by atoms with Gasteiger partial charge < -0.3 is 9.84 Å². The second-order valence-corrected chi connectivity index (χ2v) is 5.39. The van der Waals surface area contributed by atoms with E-state index in [1.807, 2.05) is 18.2 Å². The van der Waals surface area contributed by atoms with Crippen molar-refractivity contribution in [2.24, 2.45) is 7.05 Å². The van der Waals surface area contributed by atoms with Gasteiger partial charge in [0.15, 0.2) is 0 Å². The van der Waals surface area contributed by atoms with Gasteiger partial charge in [0.1, 0.15) is 0 Å². The van der Waals surface area contributed by atoms with Crippen LogP contribution in [0.1, 0.15) is 11.5 Å². The summed E-state index contributed by atoms with van der Waals surface area (Å²) in [6.45, 7) is 0.138. The van der Waals surface area contributed by atoms with Gasteiger partial charge in [0, 0.05) is 24.3 Å². The van der Waals surface area contributed by atoms with Crippen LogP contribution in [0.3, 0.4) is 0 Å². The van der Waals surface area contributed by atoms with Crippen LogP contribution < -0.4 is 5.32 Å². The number of aromatic nitrogens is 4. The second kappa shape index (κ2) is 7.10. The summed E-state index contributed by atoms with van der Waals surface area (Å²) in [6, 6.07) is 7.26. The summed E-state index contributed by atoms with van der Waals surface area (Å²) in [4.78, 5) is 16.0. The normalized spacial score (nSPS) is 11.1. The predicted octanol–water partition coefficient (Wildman–Crippen LogP) is 2.45. The van der Waals surface area contributed by atoms with Gasteiger partial charge in [0.2, 0.25) is 17.6 Å². The minimum absolute atomic E-state index is 0.138. The van der Waals surface area contributed by atoms with E-state index in [2.05, 4.69) is 20.6 Å². The van der Waals surface area contributed by atoms with E-state index in [9.17, 15) is 4.79 Å². The van der Waals surface area contributed by atoms with E-state index in [4.69, 9.17) is 16.1 Å². The molecular formula is C16H14ClN5O2. The maximum atomic E-state index is 11.8. The highest BCUT2D eigenvalue weighted by molar-refractivity contribution is 6.32. The zero-order valence-corrected chi connectivity index (χ0v) is 13.6. The molecule has 0 bridgehead atoms. The highest BCUT2D eigenvalue weighted by Crippen LogP contribution is 2.16. The first kappa shape index (κ1) is 15.9. The van der Waals surface area contributed by atoms with Crippen LogP contribution in [0, 0.1) is 0 Å². The Hall–Kier alpha value is -2.93. The Balaban J connectivity index is 1.57. The van der Waals surface area contributed by atoms with Crippen molar-refractivity contribution >= 4 is 23.6 Å². The van der Waals surface area contributed by atoms with Gasteiger partial charge in [-0.15, -0.1) is 0 Å². The molecule has 0 saturated heterocycles. The molecule has 8 heteroatoms. The van der Waals surface area contributed by atoms with Gasteiger partial charge in [-0.2, -0.15) is 10.1 Å². The summed E-state index contributed by atoms with van der Waals surface area (Å²) in [6.07, 6.45) is 6.46. The number of halogens is 1. The smallest absolute Gasteiger partial charge is 0.246 e. The first-order valence-corrected chi connectivity index (χ1v) is 7.51. The molecule has 0 aliphatic heterocycles. The molecule has 0 fully saturated rings. The molecule has 24 heavy (non-hydrogen) atoms. The number of carbonyl (C=O) groups is 1. The average molecular weight is 344 g/mol. The van der Waals surface area contributed by atoms with Crippen LogP contribution in [0.25, 0.3) is 17.5 Å². The zero-order chi connectivity index (χ0) is 16.9. The van der Waals surface area contributed by atoms with E-state index in [-0.39, 0.29) is 12.5 Å². The number of aryl methyl sites for hydroxylation is 1. The van der Waals surface area contributed by atoms with Crippen LogP contribution >= 0.6 is 11.6 Å². The highest BCUT2D eigenvalue weighted by Gasteiger charge is 2.10. The molecule has 122 valence electrons. The average Bonchev–Trinajstić information content (AvgIpc) is 3.21. The van der Waals surface area contributed by atoms with Crippen LogP contribution in [0.4, 0.5) is 0 Å². The quantitative estimate of drug-likeness (QED) is 0.719. The van der Waals surface area contributed by atoms with Crippen molar-refractivity contribution in [1.29, 1.82) is 0 Å². The first-order valence-electron chi connectivity index (χ1n) is 7.14. The van der Waals surface area contributed by atoms with E-state index >= 15 is 0 Å². The molecule has 2 aromatic heterocycles. The molecule has 7 nitrogen and oxygen atoms in total. The van der Waals surface area contributed by atoms with Crippen molar-refractivity contribution < 1.29 is 9.32 Å². The summed E-state index contributed by atoms with van der Waals surface area (Å²) >= 11 is 6.02. The molecular weight excluding hydrogens is 330 g/mol. The lowest BCUT2D eigenvalue weighted by atomic mass is 10.2. The van der Waals surface area contributed by atoms with Gasteiger partial charge in [-0.1, -0.05) is 35.0 Å². The lowest BCUT2D eigenvalue weighted by Crippen LogP contribution is -2.20. The SMILES string of the molecule is Cn1cc(-c2noc(CNC(=O)/C=C/c3ccccc3Cl)n2)cn1. The summed E-state index contributed by atoms with van der Waals surface area (Å²) in [5, 5.41) is 11.2. The molecule has 0 radical (unpaired) electrons. The number of amides is 1. The van der Waals surface area contributed by atoms with Gasteiger partial charge in [0.25, 0.3) is 0 Å². The topological polar surface area (TPSA) is 85.8 Å². The Morgan fingerprint density at radius 2 is 2.25 bits per heavy atom. The molecule has 0 saturated carbocycles. The van der Waals surface area contributed by atoms with Gasteiger partial charge in [-0.3, -0.25) is 9.48 Å². The summed E-state index contributed by atoms with van der Waals surface area (Å²) in [5.74, 6) is 0.461. The van der Waals surface area contributed by atoms with Crippen LogP contribution in [0.2, 0.25) is 5.02 Å². The van der Waals surface area contributed by atoms with Crippen LogP contribution in [0.5, 0.6) is 0 Å². The summed E-state index contributed by atoms with van der Waals surface area (Å²) < 4.78 is 6.75. The van der Waals surface area contributed by atoms with Gasteiger partial charge in [-0.05, 0) is 17.7 Å². The molecule has 3 aromatic rings. The Bertz CT molecular complexity index is 884. The number of nitrogens with one attached hydrogen (secondary N) is 1. The Morgan fingerprint density at radius 3 is 3.00 bits per heavy atom. The lowest BCUT2D eigenvalue weighted by Gasteiger charge is -1.98. The molecule has 1 N–H and O–H groups in total. The molecule has 3 rings (SSSR count). The Kier molecular flexibility index (Phi) is 4.72. The molecule has 0 aliphatic rings. The van der Waals surface area contributed by atoms with E-state index in [0.29, 0.717) is 16.7 Å². The Labute approximate surface area is 142 Å². The monoisotopic (exact) mass is 343 g/mol. The number of hydrogen-bond acceptors (Lipinski definition) is 5. The van der Waals surface area contributed by atoms with E-state index in [1.54, 1.807) is 36.3 Å². The zero-order valence-electron chi connectivity index (χ0n) is 12.8. The van der Waals surface area contributed by atoms with Crippen molar-refractivity contribution in [3.63, 3.8) is 0 Å². The van der Waals surface area contributed by atoms with Crippen molar-refractivity contribution in [1.82, 2.24) is 25.2 Å². The molecule has 0 unspecified atom stereocenters. The number of benzene rings is 1. The maximum absolute atomic E-state index is 11.8. The van der Waals surface area contributed by atoms with Gasteiger partial charge in [0.05, 0.1) is 18.3 Å². The van der Waals surface area contributed by atoms with Crippen molar-refractivity contribution in [2.75, 3.05) is 0 Å². The number of nitrogens with zero attached hydrogens (tertiary/aromatic N) is 4. The number of rotatable bonds is 5. The third-order valence-corrected chi connectivity index (χ3v) is 3.51. The number of hydrogen-bond donors (Lipinski definition) is 1. The Morgan fingerprint density at radius 1 is 1.42 bits per heavy atom. The van der Waals surface area contributed by atoms with E-state index < -0.39 is 0 Å². The predicted molar refractivity (Wildman–Crippen MR) is 88.8 cm³/mol. The third-order valence-electron chi connectivity index (χ3n) is 3.16. The van der Waals surface area contributed by atoms with E-state index in [1.165, 1.54) is 6.08 Å². The van der Waals surface area contributed by atoms with Crippen LogP contribution in [-0.2, 0) is 18.4 Å². The van der Waals surface area contributed by atoms with Crippen LogP contribution in [-0.4, -0.2) is 25.8 Å². The van der Waals surface area contributed by atoms with Crippen molar-refractivity contribution in [3.8, 4) is 11.4 Å². The highest BCUT2D eigenvalue weighted by atomic mass is 35.5. The van der Waals surface area contributed by atoms with E-state index in [0.717, 1.165) is 11.1 Å². The standard InChI is InChI=1S/C16H14ClN5O2/c1-22-10-12(8-19-22)16-20-15(24-21-16)9-18-14(23)7-6-11-4-2-3-5-13(11)17/h2-8,10H,9H2,1H3,(H,18,23)/b7-6+. The first-order chi connectivity index (χ1) is 11.6. The van der Waals surface area contributed by atoms with Gasteiger partial charge in [-0.25, -0.2) is 0 Å². The summed E-state index contributed by atoms with van der Waals surface area (Å²) in [5.41, 5.74) is 1.52. The van der Waals surface area contributed by atoms with Crippen molar-refractivity contribution in [3.05, 3.63) is 59.2 Å². The molecule has 0 atom stereocenters. The fourth-order valence-corrected chi connectivity index (χ4v) is 2.18. The largest absolute Gasteiger partial charge is 0.343 e. The minimum atomic E-state index is -0.281. The maximum Gasteiger partial charge on any atom is 0.246 e. The van der Waals surface area contributed by atoms with Crippen LogP contribution in [0.15, 0.2) is 47.3 Å². The molecule has 2 heterocycles. The fourth-order valence-electron chi connectivity index (χ4n) is 1.98. The lowest BCUT2D eigenvalue weighted by molar-refractivity contribution is -0.116. The molecule has 0 spiro atoms. The van der Waals surface area contributed by atoms with Gasteiger partial charge >= 0.3 is 0 Å². The number of carbonyl (C=O) groups excluding carboxylic acids is 1. The fraction of sp³-hybridized carbons (Fsp3) is 0.125. The summed E-state index contributed by atoms with van der Waals surface area (Å²) in [7, 11) is 1.80. The third kappa shape index (κ3) is 3.88.